The van der Waals surface area contributed by atoms with Crippen molar-refractivity contribution in [2.75, 3.05) is 12.3 Å². The van der Waals surface area contributed by atoms with Gasteiger partial charge in [-0.05, 0) is 12.1 Å². The number of fused-ring (bicyclic) bond motifs is 1. The number of carbonyl (C=O) groups is 1. The minimum atomic E-state index is -0.00134. The third-order valence-corrected chi connectivity index (χ3v) is 2.41. The Morgan fingerprint density at radius 2 is 2.23 bits per heavy atom. The van der Waals surface area contributed by atoms with Crippen LogP contribution in [-0.4, -0.2) is 12.4 Å². The molecule has 0 bridgehead atoms. The molecule has 0 unspecified atom stereocenters. The molecule has 1 aromatic rings. The van der Waals surface area contributed by atoms with Gasteiger partial charge < -0.3 is 10.5 Å². The number of nitrogen functional groups attached to an aromatic ring is 1. The maximum absolute atomic E-state index is 11.4. The van der Waals surface area contributed by atoms with E-state index in [0.717, 1.165) is 0 Å². The van der Waals surface area contributed by atoms with Gasteiger partial charge in [-0.25, -0.2) is 0 Å². The highest BCUT2D eigenvalue weighted by Crippen LogP contribution is 2.34. The summed E-state index contributed by atoms with van der Waals surface area (Å²) < 4.78 is 5.27. The number of hydrogen-bond acceptors (Lipinski definition) is 3. The summed E-state index contributed by atoms with van der Waals surface area (Å²) in [5.74, 6) is 0.536. The number of anilines is 1. The van der Waals surface area contributed by atoms with Crippen LogP contribution in [0.3, 0.4) is 0 Å². The topological polar surface area (TPSA) is 52.3 Å². The number of ether oxygens (including phenoxy) is 1. The number of ketones is 1. The van der Waals surface area contributed by atoms with Gasteiger partial charge in [-0.1, -0.05) is 11.6 Å². The predicted octanol–water partition coefficient (Wildman–Crippen LogP) is 1.89. The molecule has 0 fully saturated rings. The second-order valence-electron chi connectivity index (χ2n) is 2.86. The summed E-state index contributed by atoms with van der Waals surface area (Å²) >= 11 is 5.88. The first-order valence-corrected chi connectivity index (χ1v) is 4.32. The molecule has 1 aliphatic heterocycles. The van der Waals surface area contributed by atoms with Crippen LogP contribution in [0, 0.1) is 0 Å². The van der Waals surface area contributed by atoms with E-state index in [-0.39, 0.29) is 5.78 Å². The summed E-state index contributed by atoms with van der Waals surface area (Å²) in [5, 5.41) is 0.308. The maximum Gasteiger partial charge on any atom is 0.171 e. The first kappa shape index (κ1) is 8.38. The standard InChI is InChI=1S/C9H8ClNO2/c10-9-5(11)1-2-7-8(9)6(12)3-4-13-7/h1-2H,3-4,11H2. The molecule has 0 radical (unpaired) electrons. The van der Waals surface area contributed by atoms with Crippen LogP contribution >= 0.6 is 11.6 Å². The normalized spacial score (nSPS) is 15.0. The van der Waals surface area contributed by atoms with E-state index in [9.17, 15) is 4.79 Å². The van der Waals surface area contributed by atoms with Gasteiger partial charge in [-0.3, -0.25) is 4.79 Å². The zero-order chi connectivity index (χ0) is 9.42. The summed E-state index contributed by atoms with van der Waals surface area (Å²) in [5.41, 5.74) is 6.41. The average Bonchev–Trinajstić information content (AvgIpc) is 2.12. The number of benzene rings is 1. The van der Waals surface area contributed by atoms with Crippen LogP contribution in [0.1, 0.15) is 16.8 Å². The van der Waals surface area contributed by atoms with E-state index in [1.54, 1.807) is 12.1 Å². The molecule has 1 aliphatic rings. The molecule has 0 saturated carbocycles. The Morgan fingerprint density at radius 1 is 1.46 bits per heavy atom. The molecule has 1 aromatic carbocycles. The van der Waals surface area contributed by atoms with Gasteiger partial charge >= 0.3 is 0 Å². The first-order chi connectivity index (χ1) is 6.20. The third-order valence-electron chi connectivity index (χ3n) is 2.00. The SMILES string of the molecule is Nc1ccc2c(c1Cl)C(=O)CCO2. The van der Waals surface area contributed by atoms with Gasteiger partial charge in [-0.15, -0.1) is 0 Å². The van der Waals surface area contributed by atoms with Crippen molar-refractivity contribution in [2.45, 2.75) is 6.42 Å². The Bertz CT molecular complexity index is 376. The van der Waals surface area contributed by atoms with Crippen LogP contribution in [0.2, 0.25) is 5.02 Å². The molecular formula is C9H8ClNO2. The van der Waals surface area contributed by atoms with Gasteiger partial charge in [0.15, 0.2) is 5.78 Å². The number of nitrogens with two attached hydrogens (primary N) is 1. The molecule has 1 heterocycles. The number of halogens is 1. The summed E-state index contributed by atoms with van der Waals surface area (Å²) in [7, 11) is 0. The van der Waals surface area contributed by atoms with Gasteiger partial charge in [0, 0.05) is 6.42 Å². The van der Waals surface area contributed by atoms with Crippen molar-refractivity contribution < 1.29 is 9.53 Å². The molecule has 0 atom stereocenters. The number of hydrogen-bond donors (Lipinski definition) is 1. The van der Waals surface area contributed by atoms with Crippen molar-refractivity contribution in [3.63, 3.8) is 0 Å². The third kappa shape index (κ3) is 1.25. The monoisotopic (exact) mass is 197 g/mol. The molecular weight excluding hydrogens is 190 g/mol. The van der Waals surface area contributed by atoms with Crippen LogP contribution in [-0.2, 0) is 0 Å². The van der Waals surface area contributed by atoms with Gasteiger partial charge in [0.1, 0.15) is 5.75 Å². The molecule has 2 rings (SSSR count). The Hall–Kier alpha value is -1.22. The van der Waals surface area contributed by atoms with Crippen molar-refractivity contribution in [2.24, 2.45) is 0 Å². The van der Waals surface area contributed by atoms with Gasteiger partial charge in [0.2, 0.25) is 0 Å². The fraction of sp³-hybridized carbons (Fsp3) is 0.222. The van der Waals surface area contributed by atoms with Crippen LogP contribution in [0.25, 0.3) is 0 Å². The lowest BCUT2D eigenvalue weighted by molar-refractivity contribution is 0.0934. The Balaban J connectivity index is 2.65. The molecule has 13 heavy (non-hydrogen) atoms. The molecule has 68 valence electrons. The van der Waals surface area contributed by atoms with Gasteiger partial charge in [-0.2, -0.15) is 0 Å². The summed E-state index contributed by atoms with van der Waals surface area (Å²) in [6, 6.07) is 3.31. The lowest BCUT2D eigenvalue weighted by atomic mass is 10.0. The zero-order valence-corrected chi connectivity index (χ0v) is 7.60. The van der Waals surface area contributed by atoms with Gasteiger partial charge in [0.25, 0.3) is 0 Å². The Labute approximate surface area is 80.4 Å². The quantitative estimate of drug-likeness (QED) is 0.647. The number of Topliss-reactive ketones (excluding diaryl/α,β-unsaturated/α-hetero) is 1. The molecule has 0 amide bonds. The summed E-state index contributed by atoms with van der Waals surface area (Å²) in [4.78, 5) is 11.4. The lowest BCUT2D eigenvalue weighted by Crippen LogP contribution is -2.16. The van der Waals surface area contributed by atoms with Crippen LogP contribution in [0.5, 0.6) is 5.75 Å². The maximum atomic E-state index is 11.4. The molecule has 0 aliphatic carbocycles. The van der Waals surface area contributed by atoms with E-state index in [4.69, 9.17) is 22.1 Å². The summed E-state index contributed by atoms with van der Waals surface area (Å²) in [6.07, 6.45) is 0.371. The largest absolute Gasteiger partial charge is 0.492 e. The molecule has 4 heteroatoms. The van der Waals surface area contributed by atoms with Crippen LogP contribution in [0.4, 0.5) is 5.69 Å². The molecule has 2 N–H and O–H groups in total. The predicted molar refractivity (Wildman–Crippen MR) is 50.3 cm³/mol. The number of carbonyl (C=O) groups excluding carboxylic acids is 1. The summed E-state index contributed by atoms with van der Waals surface area (Å²) in [6.45, 7) is 0.423. The van der Waals surface area contributed by atoms with E-state index in [1.165, 1.54) is 0 Å². The van der Waals surface area contributed by atoms with E-state index in [1.807, 2.05) is 0 Å². The second kappa shape index (κ2) is 2.92. The van der Waals surface area contributed by atoms with E-state index >= 15 is 0 Å². The number of rotatable bonds is 0. The minimum Gasteiger partial charge on any atom is -0.492 e. The zero-order valence-electron chi connectivity index (χ0n) is 6.84. The van der Waals surface area contributed by atoms with Crippen LogP contribution in [0.15, 0.2) is 12.1 Å². The molecule has 0 saturated heterocycles. The van der Waals surface area contributed by atoms with E-state index in [0.29, 0.717) is 35.1 Å². The fourth-order valence-corrected chi connectivity index (χ4v) is 1.59. The van der Waals surface area contributed by atoms with Crippen molar-refractivity contribution in [3.8, 4) is 5.75 Å². The van der Waals surface area contributed by atoms with Crippen molar-refractivity contribution in [1.29, 1.82) is 0 Å². The van der Waals surface area contributed by atoms with Crippen molar-refractivity contribution in [3.05, 3.63) is 22.7 Å². The Kier molecular flexibility index (Phi) is 1.88. The Morgan fingerprint density at radius 3 is 3.00 bits per heavy atom. The highest BCUT2D eigenvalue weighted by atomic mass is 35.5. The smallest absolute Gasteiger partial charge is 0.171 e. The fourth-order valence-electron chi connectivity index (χ4n) is 1.33. The van der Waals surface area contributed by atoms with Crippen LogP contribution < -0.4 is 10.5 Å². The average molecular weight is 198 g/mol. The second-order valence-corrected chi connectivity index (χ2v) is 3.24. The molecule has 3 nitrogen and oxygen atoms in total. The first-order valence-electron chi connectivity index (χ1n) is 3.94. The van der Waals surface area contributed by atoms with E-state index < -0.39 is 0 Å². The molecule has 0 spiro atoms. The van der Waals surface area contributed by atoms with E-state index in [2.05, 4.69) is 0 Å². The lowest BCUT2D eigenvalue weighted by Gasteiger charge is -2.17. The highest BCUT2D eigenvalue weighted by molar-refractivity contribution is 6.36. The van der Waals surface area contributed by atoms with Crippen molar-refractivity contribution in [1.82, 2.24) is 0 Å². The highest BCUT2D eigenvalue weighted by Gasteiger charge is 2.22. The van der Waals surface area contributed by atoms with Crippen molar-refractivity contribution >= 4 is 23.1 Å². The molecule has 0 aromatic heterocycles. The van der Waals surface area contributed by atoms with Gasteiger partial charge in [0.05, 0.1) is 22.9 Å². The minimum absolute atomic E-state index is 0.00134.